The van der Waals surface area contributed by atoms with Crippen molar-refractivity contribution >= 4 is 0 Å². The average Bonchev–Trinajstić information content (AvgIpc) is 2.76. The lowest BCUT2D eigenvalue weighted by Gasteiger charge is -2.56. The number of aliphatic hydroxyl groups excluding tert-OH is 1. The topological polar surface area (TPSA) is 20.2 Å². The molecule has 6 atom stereocenters. The third-order valence-electron chi connectivity index (χ3n) is 7.92. The molecule has 4 aliphatic rings. The van der Waals surface area contributed by atoms with E-state index < -0.39 is 0 Å². The number of hydrogen-bond acceptors (Lipinski definition) is 1. The van der Waals surface area contributed by atoms with E-state index in [1.807, 2.05) is 0 Å². The zero-order valence-corrected chi connectivity index (χ0v) is 13.9. The molecule has 0 amide bonds. The normalized spacial score (nSPS) is 52.4. The molecule has 0 radical (unpaired) electrons. The SMILES string of the molecule is CC1=CC2=CCC3C(CC[C@@]4(C)C3CC[C@@H]4O)[C@@]2(C)CC1. The fourth-order valence-corrected chi connectivity index (χ4v) is 6.44. The maximum absolute atomic E-state index is 10.5. The molecule has 1 heteroatoms. The van der Waals surface area contributed by atoms with Crippen LogP contribution in [0.25, 0.3) is 0 Å². The molecule has 1 nitrogen and oxygen atoms in total. The number of fused-ring (bicyclic) bond motifs is 5. The van der Waals surface area contributed by atoms with Crippen molar-refractivity contribution in [3.8, 4) is 0 Å². The van der Waals surface area contributed by atoms with Gasteiger partial charge in [0.15, 0.2) is 0 Å². The van der Waals surface area contributed by atoms with Gasteiger partial charge in [-0.2, -0.15) is 0 Å². The smallest absolute Gasteiger partial charge is 0.0596 e. The van der Waals surface area contributed by atoms with Crippen molar-refractivity contribution in [2.75, 3.05) is 0 Å². The van der Waals surface area contributed by atoms with Gasteiger partial charge in [0.05, 0.1) is 6.10 Å². The van der Waals surface area contributed by atoms with Crippen LogP contribution in [0.1, 0.15) is 65.7 Å². The van der Waals surface area contributed by atoms with Crippen LogP contribution in [0, 0.1) is 28.6 Å². The summed E-state index contributed by atoms with van der Waals surface area (Å²) in [6.07, 6.45) is 13.7. The first kappa shape index (κ1) is 14.1. The predicted molar refractivity (Wildman–Crippen MR) is 86.8 cm³/mol. The number of hydrogen-bond donors (Lipinski definition) is 1. The highest BCUT2D eigenvalue weighted by Gasteiger charge is 2.57. The highest BCUT2D eigenvalue weighted by Crippen LogP contribution is 2.64. The van der Waals surface area contributed by atoms with Gasteiger partial charge in [0.2, 0.25) is 0 Å². The van der Waals surface area contributed by atoms with Crippen LogP contribution in [0.3, 0.4) is 0 Å². The molecule has 0 bridgehead atoms. The number of rotatable bonds is 0. The Morgan fingerprint density at radius 3 is 2.71 bits per heavy atom. The zero-order chi connectivity index (χ0) is 14.8. The quantitative estimate of drug-likeness (QED) is 0.674. The Morgan fingerprint density at radius 1 is 1.10 bits per heavy atom. The van der Waals surface area contributed by atoms with E-state index in [0.717, 1.165) is 24.2 Å². The van der Waals surface area contributed by atoms with Crippen molar-refractivity contribution in [1.82, 2.24) is 0 Å². The summed E-state index contributed by atoms with van der Waals surface area (Å²) in [5.74, 6) is 2.43. The summed E-state index contributed by atoms with van der Waals surface area (Å²) < 4.78 is 0. The average molecular weight is 286 g/mol. The lowest BCUT2D eigenvalue weighted by Crippen LogP contribution is -2.50. The Balaban J connectivity index is 1.72. The Morgan fingerprint density at radius 2 is 1.90 bits per heavy atom. The minimum Gasteiger partial charge on any atom is -0.393 e. The van der Waals surface area contributed by atoms with E-state index in [9.17, 15) is 5.11 Å². The summed E-state index contributed by atoms with van der Waals surface area (Å²) in [4.78, 5) is 0. The van der Waals surface area contributed by atoms with Gasteiger partial charge in [-0.15, -0.1) is 0 Å². The molecule has 1 N–H and O–H groups in total. The van der Waals surface area contributed by atoms with Crippen LogP contribution in [0.2, 0.25) is 0 Å². The van der Waals surface area contributed by atoms with Gasteiger partial charge < -0.3 is 5.11 Å². The molecule has 0 aromatic carbocycles. The maximum Gasteiger partial charge on any atom is 0.0596 e. The summed E-state index contributed by atoms with van der Waals surface area (Å²) in [7, 11) is 0. The number of allylic oxidation sites excluding steroid dienone is 4. The second-order valence-electron chi connectivity index (χ2n) is 8.82. The molecule has 0 aromatic rings. The Bertz CT molecular complexity index is 516. The highest BCUT2D eigenvalue weighted by molar-refractivity contribution is 5.36. The van der Waals surface area contributed by atoms with Crippen molar-refractivity contribution < 1.29 is 5.11 Å². The van der Waals surface area contributed by atoms with Crippen LogP contribution in [-0.4, -0.2) is 11.2 Å². The Kier molecular flexibility index (Phi) is 2.99. The summed E-state index contributed by atoms with van der Waals surface area (Å²) in [5, 5.41) is 10.5. The van der Waals surface area contributed by atoms with Crippen molar-refractivity contribution in [2.24, 2.45) is 28.6 Å². The van der Waals surface area contributed by atoms with E-state index in [2.05, 4.69) is 32.9 Å². The van der Waals surface area contributed by atoms with E-state index in [4.69, 9.17) is 0 Å². The molecule has 3 unspecified atom stereocenters. The minimum absolute atomic E-state index is 0.0462. The van der Waals surface area contributed by atoms with E-state index in [1.165, 1.54) is 38.5 Å². The van der Waals surface area contributed by atoms with Crippen LogP contribution in [0.15, 0.2) is 23.3 Å². The van der Waals surface area contributed by atoms with Gasteiger partial charge in [0, 0.05) is 0 Å². The van der Waals surface area contributed by atoms with Crippen molar-refractivity contribution in [2.45, 2.75) is 71.8 Å². The first-order valence-electron chi connectivity index (χ1n) is 9.01. The summed E-state index contributed by atoms with van der Waals surface area (Å²) >= 11 is 0. The van der Waals surface area contributed by atoms with Gasteiger partial charge in [0.1, 0.15) is 0 Å². The summed E-state index contributed by atoms with van der Waals surface area (Å²) in [5.41, 5.74) is 3.82. The van der Waals surface area contributed by atoms with Crippen molar-refractivity contribution in [1.29, 1.82) is 0 Å². The summed E-state index contributed by atoms with van der Waals surface area (Å²) in [6.45, 7) is 7.20. The summed E-state index contributed by atoms with van der Waals surface area (Å²) in [6, 6.07) is 0. The van der Waals surface area contributed by atoms with Crippen LogP contribution in [0.4, 0.5) is 0 Å². The number of aliphatic hydroxyl groups is 1. The standard InChI is InChI=1S/C20H30O/c1-13-8-10-19(2)14(12-13)4-5-15-16-6-7-18(21)20(16,3)11-9-17(15)19/h4,12,15-18,21H,5-11H2,1-3H3/t15?,16?,17?,18-,19-,20-/m0/s1. The van der Waals surface area contributed by atoms with Gasteiger partial charge in [-0.1, -0.05) is 31.6 Å². The largest absolute Gasteiger partial charge is 0.393 e. The predicted octanol–water partition coefficient (Wildman–Crippen LogP) is 4.87. The minimum atomic E-state index is -0.0462. The van der Waals surface area contributed by atoms with E-state index in [0.29, 0.717) is 5.41 Å². The second kappa shape index (κ2) is 4.47. The van der Waals surface area contributed by atoms with E-state index >= 15 is 0 Å². The monoisotopic (exact) mass is 286 g/mol. The molecule has 0 spiro atoms. The molecule has 0 heterocycles. The maximum atomic E-state index is 10.5. The molecule has 2 saturated carbocycles. The van der Waals surface area contributed by atoms with Crippen LogP contribution < -0.4 is 0 Å². The van der Waals surface area contributed by atoms with Crippen molar-refractivity contribution in [3.05, 3.63) is 23.3 Å². The van der Waals surface area contributed by atoms with Gasteiger partial charge in [-0.05, 0) is 86.0 Å². The molecule has 116 valence electrons. The van der Waals surface area contributed by atoms with Gasteiger partial charge in [-0.3, -0.25) is 0 Å². The Labute approximate surface area is 129 Å². The molecular weight excluding hydrogens is 256 g/mol. The highest BCUT2D eigenvalue weighted by atomic mass is 16.3. The van der Waals surface area contributed by atoms with E-state index in [-0.39, 0.29) is 11.5 Å². The second-order valence-corrected chi connectivity index (χ2v) is 8.82. The molecular formula is C20H30O. The lowest BCUT2D eigenvalue weighted by atomic mass is 9.48. The van der Waals surface area contributed by atoms with Gasteiger partial charge >= 0.3 is 0 Å². The molecule has 0 aliphatic heterocycles. The first-order chi connectivity index (χ1) is 9.95. The lowest BCUT2D eigenvalue weighted by molar-refractivity contribution is -0.0626. The zero-order valence-electron chi connectivity index (χ0n) is 13.9. The van der Waals surface area contributed by atoms with Crippen LogP contribution in [0.5, 0.6) is 0 Å². The molecule has 0 aromatic heterocycles. The fourth-order valence-electron chi connectivity index (χ4n) is 6.44. The third kappa shape index (κ3) is 1.79. The molecule has 4 aliphatic carbocycles. The molecule has 21 heavy (non-hydrogen) atoms. The molecule has 4 rings (SSSR count). The first-order valence-corrected chi connectivity index (χ1v) is 9.01. The molecule has 2 fully saturated rings. The van der Waals surface area contributed by atoms with E-state index in [1.54, 1.807) is 11.1 Å². The van der Waals surface area contributed by atoms with Crippen LogP contribution >= 0.6 is 0 Å². The third-order valence-corrected chi connectivity index (χ3v) is 7.92. The van der Waals surface area contributed by atoms with Crippen LogP contribution in [-0.2, 0) is 0 Å². The fraction of sp³-hybridized carbons (Fsp3) is 0.800. The van der Waals surface area contributed by atoms with Crippen molar-refractivity contribution in [3.63, 3.8) is 0 Å². The molecule has 0 saturated heterocycles. The van der Waals surface area contributed by atoms with Gasteiger partial charge in [0.25, 0.3) is 0 Å². The Hall–Kier alpha value is -0.560. The van der Waals surface area contributed by atoms with Gasteiger partial charge in [-0.25, -0.2) is 0 Å².